The summed E-state index contributed by atoms with van der Waals surface area (Å²) in [4.78, 5) is 14.5. The number of rotatable bonds is 1. The summed E-state index contributed by atoms with van der Waals surface area (Å²) in [5.74, 6) is 2.77. The summed E-state index contributed by atoms with van der Waals surface area (Å²) in [7, 11) is 0. The molecule has 1 N–H and O–H groups in total. The van der Waals surface area contributed by atoms with E-state index in [9.17, 15) is 4.79 Å². The second kappa shape index (κ2) is 4.66. The Morgan fingerprint density at radius 2 is 1.80 bits per heavy atom. The van der Waals surface area contributed by atoms with Gasteiger partial charge in [0.25, 0.3) is 5.91 Å². The molecule has 0 aromatic heterocycles. The maximum Gasteiger partial charge on any atom is 0.254 e. The van der Waals surface area contributed by atoms with Crippen LogP contribution in [-0.4, -0.2) is 50.2 Å². The Hall–Kier alpha value is -1.75. The van der Waals surface area contributed by atoms with Crippen molar-refractivity contribution in [2.45, 2.75) is 0 Å². The zero-order valence-corrected chi connectivity index (χ0v) is 11.3. The molecule has 3 heterocycles. The lowest BCUT2D eigenvalue weighted by atomic mass is 10.0. The standard InChI is InChI=1S/C15H18N2O3/c18-15(17-8-11-6-16-7-12(11)9-17)10-1-2-13-14(5-10)20-4-3-19-13/h1-2,5,11-12,16H,3-4,6-9H2. The van der Waals surface area contributed by atoms with Crippen molar-refractivity contribution in [3.63, 3.8) is 0 Å². The van der Waals surface area contributed by atoms with E-state index in [4.69, 9.17) is 9.47 Å². The minimum Gasteiger partial charge on any atom is -0.486 e. The van der Waals surface area contributed by atoms with Gasteiger partial charge in [-0.15, -0.1) is 0 Å². The van der Waals surface area contributed by atoms with Gasteiger partial charge in [-0.05, 0) is 30.0 Å². The molecule has 5 heteroatoms. The van der Waals surface area contributed by atoms with E-state index in [2.05, 4.69) is 5.32 Å². The van der Waals surface area contributed by atoms with Crippen LogP contribution in [-0.2, 0) is 0 Å². The van der Waals surface area contributed by atoms with Gasteiger partial charge < -0.3 is 19.7 Å². The van der Waals surface area contributed by atoms with Crippen LogP contribution < -0.4 is 14.8 Å². The average Bonchev–Trinajstić information content (AvgIpc) is 3.07. The number of amides is 1. The zero-order chi connectivity index (χ0) is 13.5. The van der Waals surface area contributed by atoms with Gasteiger partial charge in [-0.2, -0.15) is 0 Å². The van der Waals surface area contributed by atoms with Crippen LogP contribution >= 0.6 is 0 Å². The molecule has 0 spiro atoms. The number of likely N-dealkylation sites (tertiary alicyclic amines) is 1. The van der Waals surface area contributed by atoms with E-state index in [1.165, 1.54) is 0 Å². The van der Waals surface area contributed by atoms with Gasteiger partial charge in [0.15, 0.2) is 11.5 Å². The van der Waals surface area contributed by atoms with Crippen LogP contribution in [0, 0.1) is 11.8 Å². The fourth-order valence-corrected chi connectivity index (χ4v) is 3.38. The third-order valence-electron chi connectivity index (χ3n) is 4.47. The summed E-state index contributed by atoms with van der Waals surface area (Å²) in [6.45, 7) is 4.92. The topological polar surface area (TPSA) is 50.8 Å². The van der Waals surface area contributed by atoms with Crippen LogP contribution in [0.3, 0.4) is 0 Å². The lowest BCUT2D eigenvalue weighted by Gasteiger charge is -2.21. The van der Waals surface area contributed by atoms with Crippen LogP contribution in [0.4, 0.5) is 0 Å². The number of nitrogens with one attached hydrogen (secondary N) is 1. The molecule has 4 rings (SSSR count). The molecule has 2 atom stereocenters. The lowest BCUT2D eigenvalue weighted by Crippen LogP contribution is -2.32. The lowest BCUT2D eigenvalue weighted by molar-refractivity contribution is 0.0780. The normalized spacial score (nSPS) is 27.5. The first-order valence-electron chi connectivity index (χ1n) is 7.21. The van der Waals surface area contributed by atoms with Crippen molar-refractivity contribution in [1.29, 1.82) is 0 Å². The van der Waals surface area contributed by atoms with E-state index in [0.717, 1.165) is 31.9 Å². The van der Waals surface area contributed by atoms with E-state index in [1.807, 2.05) is 23.1 Å². The van der Waals surface area contributed by atoms with Crippen LogP contribution in [0.2, 0.25) is 0 Å². The highest BCUT2D eigenvalue weighted by atomic mass is 16.6. The molecular formula is C15H18N2O3. The highest BCUT2D eigenvalue weighted by molar-refractivity contribution is 5.95. The van der Waals surface area contributed by atoms with Gasteiger partial charge in [-0.1, -0.05) is 0 Å². The first-order valence-corrected chi connectivity index (χ1v) is 7.21. The summed E-state index contributed by atoms with van der Waals surface area (Å²) < 4.78 is 11.0. The van der Waals surface area contributed by atoms with Crippen molar-refractivity contribution in [3.8, 4) is 11.5 Å². The second-order valence-corrected chi connectivity index (χ2v) is 5.75. The van der Waals surface area contributed by atoms with Crippen molar-refractivity contribution in [2.24, 2.45) is 11.8 Å². The van der Waals surface area contributed by atoms with Crippen molar-refractivity contribution in [3.05, 3.63) is 23.8 Å². The first-order chi connectivity index (χ1) is 9.81. The van der Waals surface area contributed by atoms with Gasteiger partial charge in [0.05, 0.1) is 0 Å². The Labute approximate surface area is 117 Å². The molecule has 1 aromatic carbocycles. The Morgan fingerprint density at radius 1 is 1.10 bits per heavy atom. The molecule has 2 fully saturated rings. The molecule has 20 heavy (non-hydrogen) atoms. The summed E-state index contributed by atoms with van der Waals surface area (Å²) in [5.41, 5.74) is 0.696. The minimum atomic E-state index is 0.108. The molecule has 1 amide bonds. The van der Waals surface area contributed by atoms with Crippen LogP contribution in [0.1, 0.15) is 10.4 Å². The van der Waals surface area contributed by atoms with E-state index in [0.29, 0.717) is 36.4 Å². The van der Waals surface area contributed by atoms with Crippen LogP contribution in [0.25, 0.3) is 0 Å². The monoisotopic (exact) mass is 274 g/mol. The highest BCUT2D eigenvalue weighted by Crippen LogP contribution is 2.32. The van der Waals surface area contributed by atoms with E-state index in [-0.39, 0.29) is 5.91 Å². The number of ether oxygens (including phenoxy) is 2. The molecule has 3 aliphatic rings. The van der Waals surface area contributed by atoms with E-state index < -0.39 is 0 Å². The fourth-order valence-electron chi connectivity index (χ4n) is 3.38. The number of benzene rings is 1. The molecular weight excluding hydrogens is 256 g/mol. The molecule has 0 bridgehead atoms. The molecule has 2 saturated heterocycles. The van der Waals surface area contributed by atoms with Crippen molar-refractivity contribution >= 4 is 5.91 Å². The number of nitrogens with zero attached hydrogens (tertiary/aromatic N) is 1. The molecule has 106 valence electrons. The van der Waals surface area contributed by atoms with Gasteiger partial charge in [0.1, 0.15) is 13.2 Å². The fraction of sp³-hybridized carbons (Fsp3) is 0.533. The Morgan fingerprint density at radius 3 is 2.55 bits per heavy atom. The SMILES string of the molecule is O=C(c1ccc2c(c1)OCCO2)N1CC2CNCC2C1. The molecule has 0 radical (unpaired) electrons. The summed E-state index contributed by atoms with van der Waals surface area (Å²) in [5, 5.41) is 3.39. The highest BCUT2D eigenvalue weighted by Gasteiger charge is 2.38. The third-order valence-corrected chi connectivity index (χ3v) is 4.47. The quantitative estimate of drug-likeness (QED) is 0.821. The predicted molar refractivity (Wildman–Crippen MR) is 73.2 cm³/mol. The van der Waals surface area contributed by atoms with Gasteiger partial charge in [-0.3, -0.25) is 4.79 Å². The van der Waals surface area contributed by atoms with Crippen molar-refractivity contribution in [1.82, 2.24) is 10.2 Å². The zero-order valence-electron chi connectivity index (χ0n) is 11.3. The summed E-state index contributed by atoms with van der Waals surface area (Å²) in [6.07, 6.45) is 0. The third kappa shape index (κ3) is 1.93. The summed E-state index contributed by atoms with van der Waals surface area (Å²) in [6, 6.07) is 5.48. The predicted octanol–water partition coefficient (Wildman–Crippen LogP) is 0.749. The Kier molecular flexibility index (Phi) is 2.80. The number of carbonyl (C=O) groups is 1. The van der Waals surface area contributed by atoms with Crippen LogP contribution in [0.15, 0.2) is 18.2 Å². The molecule has 0 aliphatic carbocycles. The Bertz CT molecular complexity index is 534. The van der Waals surface area contributed by atoms with Gasteiger partial charge in [0.2, 0.25) is 0 Å². The van der Waals surface area contributed by atoms with E-state index in [1.54, 1.807) is 0 Å². The van der Waals surface area contributed by atoms with Gasteiger partial charge in [0, 0.05) is 31.7 Å². The summed E-state index contributed by atoms with van der Waals surface area (Å²) >= 11 is 0. The van der Waals surface area contributed by atoms with Gasteiger partial charge >= 0.3 is 0 Å². The number of carbonyl (C=O) groups excluding carboxylic acids is 1. The molecule has 1 aromatic rings. The molecule has 3 aliphatic heterocycles. The van der Waals surface area contributed by atoms with Crippen molar-refractivity contribution < 1.29 is 14.3 Å². The largest absolute Gasteiger partial charge is 0.486 e. The smallest absolute Gasteiger partial charge is 0.254 e. The minimum absolute atomic E-state index is 0.108. The molecule has 2 unspecified atom stereocenters. The van der Waals surface area contributed by atoms with Crippen LogP contribution in [0.5, 0.6) is 11.5 Å². The maximum absolute atomic E-state index is 12.6. The van der Waals surface area contributed by atoms with Crippen molar-refractivity contribution in [2.75, 3.05) is 39.4 Å². The second-order valence-electron chi connectivity index (χ2n) is 5.75. The van der Waals surface area contributed by atoms with E-state index >= 15 is 0 Å². The Balaban J connectivity index is 1.54. The molecule has 5 nitrogen and oxygen atoms in total. The first kappa shape index (κ1) is 12.0. The molecule has 0 saturated carbocycles. The number of hydrogen-bond acceptors (Lipinski definition) is 4. The number of hydrogen-bond donors (Lipinski definition) is 1. The number of fused-ring (bicyclic) bond motifs is 2. The average molecular weight is 274 g/mol. The maximum atomic E-state index is 12.6. The van der Waals surface area contributed by atoms with Gasteiger partial charge in [-0.25, -0.2) is 0 Å².